The lowest BCUT2D eigenvalue weighted by Gasteiger charge is -2.32. The largest absolute Gasteiger partial charge is 0.356 e. The summed E-state index contributed by atoms with van der Waals surface area (Å²) >= 11 is 5.05. The molecule has 0 amide bonds. The average Bonchev–Trinajstić information content (AvgIpc) is 2.71. The fraction of sp³-hybridized carbons (Fsp3) is 0.778. The van der Waals surface area contributed by atoms with E-state index in [1.165, 1.54) is 19.4 Å². The van der Waals surface area contributed by atoms with Gasteiger partial charge >= 0.3 is 0 Å². The molecule has 4 nitrogen and oxygen atoms in total. The van der Waals surface area contributed by atoms with Crippen molar-refractivity contribution in [2.45, 2.75) is 18.9 Å². The van der Waals surface area contributed by atoms with E-state index in [2.05, 4.69) is 36.3 Å². The molecule has 0 saturated carbocycles. The minimum Gasteiger partial charge on any atom is -0.356 e. The van der Waals surface area contributed by atoms with Crippen molar-refractivity contribution in [3.8, 4) is 0 Å². The van der Waals surface area contributed by atoms with Crippen LogP contribution < -0.4 is 5.32 Å². The van der Waals surface area contributed by atoms with Crippen molar-refractivity contribution in [1.82, 2.24) is 15.1 Å². The maximum atomic E-state index is 4.01. The molecule has 1 aliphatic rings. The Balaban J connectivity index is 1.82. The number of piperidine rings is 1. The molecule has 0 spiro atoms. The van der Waals surface area contributed by atoms with E-state index >= 15 is 0 Å². The molecule has 6 heteroatoms. The Morgan fingerprint density at radius 2 is 2.60 bits per heavy atom. The van der Waals surface area contributed by atoms with Gasteiger partial charge in [-0.3, -0.25) is 0 Å². The van der Waals surface area contributed by atoms with Gasteiger partial charge in [0.15, 0.2) is 0 Å². The zero-order valence-corrected chi connectivity index (χ0v) is 10.9. The van der Waals surface area contributed by atoms with E-state index in [0.29, 0.717) is 6.04 Å². The predicted molar refractivity (Wildman–Crippen MR) is 66.8 cm³/mol. The highest BCUT2D eigenvalue weighted by Crippen LogP contribution is 2.16. The van der Waals surface area contributed by atoms with Gasteiger partial charge in [0.05, 0.1) is 0 Å². The van der Waals surface area contributed by atoms with Crippen molar-refractivity contribution in [2.75, 3.05) is 30.3 Å². The Hall–Kier alpha value is -0.200. The summed E-state index contributed by atoms with van der Waals surface area (Å²) in [4.78, 5) is 2.48. The number of aromatic nitrogens is 2. The van der Waals surface area contributed by atoms with E-state index in [-0.39, 0.29) is 0 Å². The van der Waals surface area contributed by atoms with Gasteiger partial charge in [0.2, 0.25) is 5.13 Å². The summed E-state index contributed by atoms with van der Waals surface area (Å²) in [6.07, 6.45) is 2.50. The third-order valence-electron chi connectivity index (χ3n) is 2.59. The second-order valence-electron chi connectivity index (χ2n) is 3.72. The second-order valence-corrected chi connectivity index (χ2v) is 5.34. The van der Waals surface area contributed by atoms with Crippen LogP contribution in [0.25, 0.3) is 0 Å². The topological polar surface area (TPSA) is 41.0 Å². The highest BCUT2D eigenvalue weighted by atomic mass is 79.9. The number of halogens is 1. The average molecular weight is 291 g/mol. The fourth-order valence-electron chi connectivity index (χ4n) is 1.91. The smallest absolute Gasteiger partial charge is 0.205 e. The first-order chi connectivity index (χ1) is 7.38. The molecular formula is C9H15BrN4S. The van der Waals surface area contributed by atoms with Crippen LogP contribution in [0.4, 0.5) is 5.13 Å². The summed E-state index contributed by atoms with van der Waals surface area (Å²) in [5.41, 5.74) is 1.77. The number of hydrogen-bond acceptors (Lipinski definition) is 5. The SMILES string of the molecule is BrCCN1CCCC(Nc2nncs2)C1. The summed E-state index contributed by atoms with van der Waals surface area (Å²) in [7, 11) is 0. The molecule has 15 heavy (non-hydrogen) atoms. The minimum absolute atomic E-state index is 0.533. The summed E-state index contributed by atoms with van der Waals surface area (Å²) < 4.78 is 0. The molecule has 1 fully saturated rings. The van der Waals surface area contributed by atoms with E-state index in [1.807, 2.05) is 0 Å². The van der Waals surface area contributed by atoms with Crippen LogP contribution in [0.15, 0.2) is 5.51 Å². The highest BCUT2D eigenvalue weighted by molar-refractivity contribution is 9.09. The maximum absolute atomic E-state index is 4.01. The molecule has 2 rings (SSSR count). The zero-order valence-electron chi connectivity index (χ0n) is 8.53. The van der Waals surface area contributed by atoms with E-state index in [1.54, 1.807) is 16.8 Å². The second kappa shape index (κ2) is 5.77. The molecule has 1 atom stereocenters. The number of nitrogens with one attached hydrogen (secondary N) is 1. The Labute approximate surface area is 102 Å². The van der Waals surface area contributed by atoms with Crippen LogP contribution in [0.5, 0.6) is 0 Å². The van der Waals surface area contributed by atoms with Crippen molar-refractivity contribution in [3.63, 3.8) is 0 Å². The predicted octanol–water partition coefficient (Wildman–Crippen LogP) is 1.81. The van der Waals surface area contributed by atoms with Gasteiger partial charge in [-0.2, -0.15) is 0 Å². The van der Waals surface area contributed by atoms with Crippen molar-refractivity contribution in [2.24, 2.45) is 0 Å². The Morgan fingerprint density at radius 1 is 1.67 bits per heavy atom. The third-order valence-corrected chi connectivity index (χ3v) is 3.57. The molecule has 0 radical (unpaired) electrons. The summed E-state index contributed by atoms with van der Waals surface area (Å²) in [5, 5.41) is 13.3. The summed E-state index contributed by atoms with van der Waals surface area (Å²) in [6, 6.07) is 0.533. The maximum Gasteiger partial charge on any atom is 0.205 e. The molecule has 1 saturated heterocycles. The number of anilines is 1. The summed E-state index contributed by atoms with van der Waals surface area (Å²) in [5.74, 6) is 0. The molecule has 1 aromatic heterocycles. The van der Waals surface area contributed by atoms with E-state index in [9.17, 15) is 0 Å². The lowest BCUT2D eigenvalue weighted by atomic mass is 10.1. The van der Waals surface area contributed by atoms with Crippen LogP contribution in [0.3, 0.4) is 0 Å². The first-order valence-electron chi connectivity index (χ1n) is 5.19. The summed E-state index contributed by atoms with van der Waals surface area (Å²) in [6.45, 7) is 3.47. The number of alkyl halides is 1. The van der Waals surface area contributed by atoms with Crippen LogP contribution in [-0.4, -0.2) is 46.1 Å². The van der Waals surface area contributed by atoms with Gasteiger partial charge in [-0.05, 0) is 19.4 Å². The molecule has 0 aromatic carbocycles. The molecular weight excluding hydrogens is 276 g/mol. The van der Waals surface area contributed by atoms with Crippen LogP contribution in [0, 0.1) is 0 Å². The van der Waals surface area contributed by atoms with Gasteiger partial charge in [-0.25, -0.2) is 0 Å². The van der Waals surface area contributed by atoms with Crippen molar-refractivity contribution < 1.29 is 0 Å². The normalized spacial score (nSPS) is 22.9. The van der Waals surface area contributed by atoms with Crippen LogP contribution in [0.2, 0.25) is 0 Å². The van der Waals surface area contributed by atoms with Crippen LogP contribution in [0.1, 0.15) is 12.8 Å². The first kappa shape index (κ1) is 11.3. The van der Waals surface area contributed by atoms with Gasteiger partial charge in [-0.1, -0.05) is 27.3 Å². The van der Waals surface area contributed by atoms with Crippen molar-refractivity contribution in [1.29, 1.82) is 0 Å². The van der Waals surface area contributed by atoms with Gasteiger partial charge in [-0.15, -0.1) is 10.2 Å². The number of nitrogens with zero attached hydrogens (tertiary/aromatic N) is 3. The third kappa shape index (κ3) is 3.39. The molecule has 1 N–H and O–H groups in total. The lowest BCUT2D eigenvalue weighted by Crippen LogP contribution is -2.42. The standard InChI is InChI=1S/C9H15BrN4S/c10-3-5-14-4-1-2-8(6-14)12-9-13-11-7-15-9/h7-8H,1-6H2,(H,12,13). The highest BCUT2D eigenvalue weighted by Gasteiger charge is 2.19. The van der Waals surface area contributed by atoms with Crippen molar-refractivity contribution in [3.05, 3.63) is 5.51 Å². The Kier molecular flexibility index (Phi) is 4.34. The van der Waals surface area contributed by atoms with Crippen molar-refractivity contribution >= 4 is 32.4 Å². The van der Waals surface area contributed by atoms with Crippen LogP contribution in [-0.2, 0) is 0 Å². The van der Waals surface area contributed by atoms with Gasteiger partial charge in [0, 0.05) is 24.5 Å². The Morgan fingerprint density at radius 3 is 3.33 bits per heavy atom. The van der Waals surface area contributed by atoms with E-state index in [4.69, 9.17) is 0 Å². The monoisotopic (exact) mass is 290 g/mol. The zero-order chi connectivity index (χ0) is 10.5. The van der Waals surface area contributed by atoms with Gasteiger partial charge in [0.1, 0.15) is 5.51 Å². The molecule has 0 aliphatic carbocycles. The quantitative estimate of drug-likeness (QED) is 0.859. The van der Waals surface area contributed by atoms with E-state index in [0.717, 1.165) is 23.6 Å². The molecule has 1 aliphatic heterocycles. The van der Waals surface area contributed by atoms with Gasteiger partial charge < -0.3 is 10.2 Å². The molecule has 1 aromatic rings. The lowest BCUT2D eigenvalue weighted by molar-refractivity contribution is 0.229. The molecule has 0 bridgehead atoms. The first-order valence-corrected chi connectivity index (χ1v) is 7.19. The molecule has 2 heterocycles. The minimum atomic E-state index is 0.533. The molecule has 1 unspecified atom stereocenters. The number of rotatable bonds is 4. The van der Waals surface area contributed by atoms with Gasteiger partial charge in [0.25, 0.3) is 0 Å². The fourth-order valence-corrected chi connectivity index (χ4v) is 2.93. The Bertz CT molecular complexity index is 278. The van der Waals surface area contributed by atoms with E-state index < -0.39 is 0 Å². The molecule has 84 valence electrons. The van der Waals surface area contributed by atoms with Crippen LogP contribution >= 0.6 is 27.3 Å². The number of likely N-dealkylation sites (tertiary alicyclic amines) is 1. The number of hydrogen-bond donors (Lipinski definition) is 1.